The van der Waals surface area contributed by atoms with E-state index >= 15 is 0 Å². The fraction of sp³-hybridized carbons (Fsp3) is 0.796. The predicted molar refractivity (Wildman–Crippen MR) is 299 cm³/mol. The van der Waals surface area contributed by atoms with Crippen LogP contribution in [0.5, 0.6) is 17.2 Å². The molecule has 29 heteroatoms. The first kappa shape index (κ1) is 74.4. The van der Waals surface area contributed by atoms with Gasteiger partial charge in [-0.25, -0.2) is 0 Å². The molecule has 29 nitrogen and oxygen atoms in total. The molecule has 1 heterocycles. The first-order valence-corrected chi connectivity index (χ1v) is 28.3. The van der Waals surface area contributed by atoms with Gasteiger partial charge < -0.3 is 97.0 Å². The Bertz CT molecular complexity index is 1750. The number of carboxylic acids is 3. The van der Waals surface area contributed by atoms with Crippen molar-refractivity contribution in [3.63, 3.8) is 0 Å². The van der Waals surface area contributed by atoms with E-state index in [1.807, 2.05) is 4.90 Å². The number of rotatable bonds is 53. The van der Waals surface area contributed by atoms with Crippen LogP contribution >= 0.6 is 0 Å². The number of carboxylic acid groups (broad SMARTS) is 3. The quantitative estimate of drug-likeness (QED) is 0.0489. The third-order valence-electron chi connectivity index (χ3n) is 11.8. The number of benzene rings is 1. The average Bonchev–Trinajstić information content (AvgIpc) is 3.66. The lowest BCUT2D eigenvalue weighted by atomic mass is 10.1. The van der Waals surface area contributed by atoms with E-state index in [0.717, 1.165) is 0 Å². The number of carbonyl (C=O) groups excluding carboxylic acids is 2. The zero-order chi connectivity index (χ0) is 60.2. The highest BCUT2D eigenvalue weighted by atomic mass is 16.6. The second-order valence-corrected chi connectivity index (χ2v) is 18.4. The fourth-order valence-electron chi connectivity index (χ4n) is 7.57. The SMILES string of the molecule is COCCOCCOCCOCCOc1cc(C(=O)NCCCCNC(=O)CN2CCN(CC(=O)O)CCN(CC(=O)O)CCN(CC(=O)O)CC2)cc(OCCOCCOCCOCCOC)c1OCCOCCOCCOCCOC. The maximum absolute atomic E-state index is 13.8. The third kappa shape index (κ3) is 41.9. The summed E-state index contributed by atoms with van der Waals surface area (Å²) in [5.74, 6) is -3.12. The van der Waals surface area contributed by atoms with Crippen molar-refractivity contribution in [1.29, 1.82) is 0 Å². The highest BCUT2D eigenvalue weighted by Crippen LogP contribution is 2.39. The smallest absolute Gasteiger partial charge is 0.317 e. The normalized spacial score (nSPS) is 14.2. The number of ether oxygens (including phenoxy) is 15. The van der Waals surface area contributed by atoms with Gasteiger partial charge in [-0.15, -0.1) is 0 Å². The molecule has 480 valence electrons. The van der Waals surface area contributed by atoms with Crippen LogP contribution in [0.3, 0.4) is 0 Å². The largest absolute Gasteiger partial charge is 0.487 e. The number of carbonyl (C=O) groups is 5. The van der Waals surface area contributed by atoms with E-state index in [1.54, 1.807) is 48.2 Å². The second kappa shape index (κ2) is 51.7. The Morgan fingerprint density at radius 1 is 0.373 bits per heavy atom. The lowest BCUT2D eigenvalue weighted by Gasteiger charge is -2.32. The van der Waals surface area contributed by atoms with Gasteiger partial charge in [-0.3, -0.25) is 43.6 Å². The van der Waals surface area contributed by atoms with Gasteiger partial charge in [0.2, 0.25) is 11.7 Å². The van der Waals surface area contributed by atoms with Gasteiger partial charge in [0.1, 0.15) is 19.8 Å². The Balaban J connectivity index is 2.10. The van der Waals surface area contributed by atoms with Crippen LogP contribution in [-0.4, -0.2) is 336 Å². The molecule has 1 aliphatic heterocycles. The van der Waals surface area contributed by atoms with Crippen molar-refractivity contribution < 1.29 is 110 Å². The Kier molecular flexibility index (Phi) is 46.4. The minimum absolute atomic E-state index is 0.0223. The van der Waals surface area contributed by atoms with E-state index in [2.05, 4.69) is 10.6 Å². The number of amides is 2. The molecular formula is C54H96N6O23. The molecule has 1 saturated heterocycles. The molecule has 0 saturated carbocycles. The van der Waals surface area contributed by atoms with E-state index in [9.17, 15) is 39.3 Å². The molecule has 1 aromatic rings. The van der Waals surface area contributed by atoms with E-state index in [0.29, 0.717) is 151 Å². The fourth-order valence-corrected chi connectivity index (χ4v) is 7.57. The van der Waals surface area contributed by atoms with Crippen LogP contribution < -0.4 is 24.8 Å². The number of unbranched alkanes of at least 4 members (excludes halogenated alkanes) is 1. The number of aliphatic carboxylic acids is 3. The van der Waals surface area contributed by atoms with Crippen LogP contribution in [0.4, 0.5) is 0 Å². The monoisotopic (exact) mass is 1200 g/mol. The van der Waals surface area contributed by atoms with Gasteiger partial charge in [-0.1, -0.05) is 0 Å². The molecule has 0 radical (unpaired) electrons. The molecule has 1 aliphatic rings. The van der Waals surface area contributed by atoms with Gasteiger partial charge in [0.25, 0.3) is 5.91 Å². The van der Waals surface area contributed by atoms with E-state index < -0.39 is 23.8 Å². The first-order chi connectivity index (χ1) is 40.4. The minimum Gasteiger partial charge on any atom is -0.487 e. The predicted octanol–water partition coefficient (Wildman–Crippen LogP) is -0.987. The molecule has 0 unspecified atom stereocenters. The van der Waals surface area contributed by atoms with E-state index in [4.69, 9.17) is 71.1 Å². The maximum Gasteiger partial charge on any atom is 0.317 e. The molecule has 0 aliphatic carbocycles. The zero-order valence-corrected chi connectivity index (χ0v) is 49.2. The minimum atomic E-state index is -1.04. The number of hydrogen-bond donors (Lipinski definition) is 5. The summed E-state index contributed by atoms with van der Waals surface area (Å²) < 4.78 is 83.8. The molecule has 0 aromatic heterocycles. The van der Waals surface area contributed by atoms with Crippen molar-refractivity contribution in [2.45, 2.75) is 12.8 Å². The second-order valence-electron chi connectivity index (χ2n) is 18.4. The molecule has 1 aromatic carbocycles. The zero-order valence-electron chi connectivity index (χ0n) is 49.2. The highest BCUT2D eigenvalue weighted by Gasteiger charge is 2.23. The van der Waals surface area contributed by atoms with Gasteiger partial charge in [0.15, 0.2) is 11.5 Å². The molecule has 0 atom stereocenters. The summed E-state index contributed by atoms with van der Waals surface area (Å²) in [6.45, 7) is 10.3. The summed E-state index contributed by atoms with van der Waals surface area (Å²) in [5, 5.41) is 34.4. The number of nitrogens with one attached hydrogen (secondary N) is 2. The van der Waals surface area contributed by atoms with Gasteiger partial charge in [-0.2, -0.15) is 0 Å². The van der Waals surface area contributed by atoms with Crippen LogP contribution in [0.25, 0.3) is 0 Å². The standard InChI is InChI=1S/C54H96N6O23/c1-69-16-19-72-22-25-75-28-31-78-34-37-81-47-40-46(41-48(82-38-35-79-32-29-76-26-23-73-20-17-70-2)53(47)83-39-36-80-33-30-77-27-24-74-21-18-71-3)54(68)56-7-5-4-6-55-49(61)42-57-8-10-58(43-50(62)63)12-14-60(45-52(66)67)15-13-59(11-9-57)44-51(64)65/h40-41H,4-39,42-45H2,1-3H3,(H,55,61)(H,56,68)(H,62,63)(H,64,65)(H,66,67). The van der Waals surface area contributed by atoms with Gasteiger partial charge in [-0.05, 0) is 25.0 Å². The topological polar surface area (TPSA) is 322 Å². The van der Waals surface area contributed by atoms with Crippen molar-refractivity contribution >= 4 is 29.7 Å². The van der Waals surface area contributed by atoms with Crippen LogP contribution in [0.15, 0.2) is 12.1 Å². The van der Waals surface area contributed by atoms with Crippen molar-refractivity contribution in [3.8, 4) is 17.2 Å². The van der Waals surface area contributed by atoms with Crippen molar-refractivity contribution in [1.82, 2.24) is 30.2 Å². The van der Waals surface area contributed by atoms with Crippen LogP contribution in [0.2, 0.25) is 0 Å². The molecule has 1 fully saturated rings. The Hall–Kier alpha value is -4.67. The van der Waals surface area contributed by atoms with Gasteiger partial charge in [0.05, 0.1) is 165 Å². The molecule has 5 N–H and O–H groups in total. The lowest BCUT2D eigenvalue weighted by Crippen LogP contribution is -2.49. The molecular weight excluding hydrogens is 1100 g/mol. The van der Waals surface area contributed by atoms with Crippen molar-refractivity contribution in [3.05, 3.63) is 17.7 Å². The average molecular weight is 1200 g/mol. The van der Waals surface area contributed by atoms with Crippen LogP contribution in [0.1, 0.15) is 23.2 Å². The summed E-state index contributed by atoms with van der Waals surface area (Å²) in [7, 11) is 4.82. The van der Waals surface area contributed by atoms with Crippen LogP contribution in [0, 0.1) is 0 Å². The molecule has 2 amide bonds. The molecule has 0 bridgehead atoms. The summed E-state index contributed by atoms with van der Waals surface area (Å²) >= 11 is 0. The summed E-state index contributed by atoms with van der Waals surface area (Å²) in [6.07, 6.45) is 1.03. The van der Waals surface area contributed by atoms with E-state index in [1.165, 1.54) is 0 Å². The number of hydrogen-bond acceptors (Lipinski definition) is 24. The maximum atomic E-state index is 13.8. The summed E-state index contributed by atoms with van der Waals surface area (Å²) in [6, 6.07) is 3.13. The van der Waals surface area contributed by atoms with Gasteiger partial charge in [0, 0.05) is 92.3 Å². The lowest BCUT2D eigenvalue weighted by molar-refractivity contribution is -0.140. The number of nitrogens with zero attached hydrogens (tertiary/aromatic N) is 4. The third-order valence-corrected chi connectivity index (χ3v) is 11.8. The van der Waals surface area contributed by atoms with Crippen molar-refractivity contribution in [2.24, 2.45) is 0 Å². The Labute approximate surface area is 488 Å². The van der Waals surface area contributed by atoms with E-state index in [-0.39, 0.29) is 140 Å². The first-order valence-electron chi connectivity index (χ1n) is 28.3. The highest BCUT2D eigenvalue weighted by molar-refractivity contribution is 5.95. The molecule has 0 spiro atoms. The van der Waals surface area contributed by atoms with Crippen LogP contribution in [-0.2, 0) is 76.0 Å². The molecule has 83 heavy (non-hydrogen) atoms. The Morgan fingerprint density at radius 3 is 0.940 bits per heavy atom. The number of methoxy groups -OCH3 is 3. The van der Waals surface area contributed by atoms with Gasteiger partial charge >= 0.3 is 17.9 Å². The molecule has 2 rings (SSSR count). The Morgan fingerprint density at radius 2 is 0.639 bits per heavy atom. The summed E-state index contributed by atoms with van der Waals surface area (Å²) in [4.78, 5) is 68.9. The summed E-state index contributed by atoms with van der Waals surface area (Å²) in [5.41, 5.74) is 0.229. The van der Waals surface area contributed by atoms with Crippen molar-refractivity contribution in [2.75, 3.05) is 272 Å².